The Balaban J connectivity index is 2.19. The fourth-order valence-electron chi connectivity index (χ4n) is 1.67. The first-order valence-electron chi connectivity index (χ1n) is 6.38. The summed E-state index contributed by atoms with van der Waals surface area (Å²) in [6, 6.07) is 5.97. The minimum atomic E-state index is -0.0704. The highest BCUT2D eigenvalue weighted by atomic mass is 32.1. The van der Waals surface area contributed by atoms with Crippen LogP contribution in [0.15, 0.2) is 23.6 Å². The number of carbonyl (C=O) groups excluding carboxylic acids is 1. The van der Waals surface area contributed by atoms with E-state index < -0.39 is 0 Å². The predicted molar refractivity (Wildman–Crippen MR) is 78.3 cm³/mol. The highest BCUT2D eigenvalue weighted by Crippen LogP contribution is 2.23. The van der Waals surface area contributed by atoms with Gasteiger partial charge in [-0.1, -0.05) is 19.9 Å². The summed E-state index contributed by atoms with van der Waals surface area (Å²) in [4.78, 5) is 13.3. The minimum absolute atomic E-state index is 0.0704. The van der Waals surface area contributed by atoms with Crippen molar-refractivity contribution in [2.75, 3.05) is 0 Å². The van der Waals surface area contributed by atoms with E-state index in [1.165, 1.54) is 0 Å². The van der Waals surface area contributed by atoms with E-state index in [4.69, 9.17) is 0 Å². The molecule has 1 N–H and O–H groups in total. The molecule has 0 aliphatic heterocycles. The maximum absolute atomic E-state index is 12.2. The summed E-state index contributed by atoms with van der Waals surface area (Å²) in [5.41, 5.74) is 1.44. The molecule has 0 aliphatic carbocycles. The number of carbonyl (C=O) groups is 1. The van der Waals surface area contributed by atoms with Gasteiger partial charge in [-0.2, -0.15) is 5.10 Å². The van der Waals surface area contributed by atoms with Gasteiger partial charge >= 0.3 is 0 Å². The molecule has 2 aromatic rings. The third kappa shape index (κ3) is 3.04. The van der Waals surface area contributed by atoms with Crippen LogP contribution in [0.1, 0.15) is 31.3 Å². The van der Waals surface area contributed by atoms with Crippen molar-refractivity contribution in [2.45, 2.75) is 26.8 Å². The molecule has 0 saturated heterocycles. The smallest absolute Gasteiger partial charge is 0.269 e. The molecule has 0 bridgehead atoms. The summed E-state index contributed by atoms with van der Waals surface area (Å²) in [6.07, 6.45) is 0. The first-order valence-corrected chi connectivity index (χ1v) is 7.25. The van der Waals surface area contributed by atoms with Crippen LogP contribution >= 0.6 is 11.3 Å². The van der Waals surface area contributed by atoms with Crippen LogP contribution in [0, 0.1) is 5.92 Å². The topological polar surface area (TPSA) is 46.9 Å². The molecule has 2 aromatic heterocycles. The molecule has 0 spiro atoms. The fourth-order valence-corrected chi connectivity index (χ4v) is 2.35. The molecule has 5 heteroatoms. The number of thiophene rings is 1. The van der Waals surface area contributed by atoms with E-state index in [1.54, 1.807) is 23.1 Å². The number of nitrogens with one attached hydrogen (secondary N) is 1. The van der Waals surface area contributed by atoms with Gasteiger partial charge in [-0.25, -0.2) is 0 Å². The summed E-state index contributed by atoms with van der Waals surface area (Å²) < 4.78 is 1.64. The molecule has 1 amide bonds. The Labute approximate surface area is 117 Å². The Hall–Kier alpha value is -1.62. The molecule has 2 rings (SSSR count). The van der Waals surface area contributed by atoms with E-state index >= 15 is 0 Å². The lowest BCUT2D eigenvalue weighted by Gasteiger charge is -2.17. The predicted octanol–water partition coefficient (Wildman–Crippen LogP) is 2.92. The van der Waals surface area contributed by atoms with Gasteiger partial charge in [0.2, 0.25) is 0 Å². The maximum Gasteiger partial charge on any atom is 0.269 e. The van der Waals surface area contributed by atoms with Gasteiger partial charge in [0.05, 0.1) is 4.88 Å². The first-order chi connectivity index (χ1) is 8.99. The standard InChI is InChI=1S/C14H19N3OS/c1-9(2)10(3)15-14(18)12-8-11(16-17(12)4)13-6-5-7-19-13/h5-10H,1-4H3,(H,15,18). The van der Waals surface area contributed by atoms with Gasteiger partial charge in [0.25, 0.3) is 5.91 Å². The van der Waals surface area contributed by atoms with Gasteiger partial charge in [-0.05, 0) is 30.4 Å². The quantitative estimate of drug-likeness (QED) is 0.934. The first kappa shape index (κ1) is 13.8. The summed E-state index contributed by atoms with van der Waals surface area (Å²) >= 11 is 1.62. The Morgan fingerprint density at radius 2 is 2.16 bits per heavy atom. The van der Waals surface area contributed by atoms with Gasteiger partial charge in [0, 0.05) is 13.1 Å². The van der Waals surface area contributed by atoms with E-state index in [1.807, 2.05) is 30.5 Å². The zero-order valence-corrected chi connectivity index (χ0v) is 12.5. The summed E-state index contributed by atoms with van der Waals surface area (Å²) in [7, 11) is 1.80. The molecule has 1 atom stereocenters. The molecule has 1 unspecified atom stereocenters. The maximum atomic E-state index is 12.2. The van der Waals surface area contributed by atoms with Crippen LogP contribution in [0.3, 0.4) is 0 Å². The number of amides is 1. The fraction of sp³-hybridized carbons (Fsp3) is 0.429. The van der Waals surface area contributed by atoms with Crippen LogP contribution in [-0.4, -0.2) is 21.7 Å². The summed E-state index contributed by atoms with van der Waals surface area (Å²) in [5, 5.41) is 9.40. The van der Waals surface area contributed by atoms with Gasteiger partial charge < -0.3 is 5.32 Å². The second-order valence-corrected chi connectivity index (χ2v) is 5.97. The highest BCUT2D eigenvalue weighted by molar-refractivity contribution is 7.13. The highest BCUT2D eigenvalue weighted by Gasteiger charge is 2.17. The van der Waals surface area contributed by atoms with Gasteiger partial charge in [-0.15, -0.1) is 11.3 Å². The zero-order chi connectivity index (χ0) is 14.0. The number of aromatic nitrogens is 2. The number of nitrogens with zero attached hydrogens (tertiary/aromatic N) is 2. The Kier molecular flexibility index (Phi) is 4.04. The van der Waals surface area contributed by atoms with E-state index in [0.29, 0.717) is 11.6 Å². The second-order valence-electron chi connectivity index (χ2n) is 5.02. The number of hydrogen-bond donors (Lipinski definition) is 1. The molecule has 0 aliphatic rings. The molecule has 0 saturated carbocycles. The second kappa shape index (κ2) is 5.57. The van der Waals surface area contributed by atoms with Crippen LogP contribution < -0.4 is 5.32 Å². The Bertz CT molecular complexity index is 557. The SMILES string of the molecule is CC(C)C(C)NC(=O)c1cc(-c2cccs2)nn1C. The lowest BCUT2D eigenvalue weighted by Crippen LogP contribution is -2.37. The zero-order valence-electron chi connectivity index (χ0n) is 11.7. The molecule has 0 aromatic carbocycles. The van der Waals surface area contributed by atoms with Crippen molar-refractivity contribution in [3.05, 3.63) is 29.3 Å². The van der Waals surface area contributed by atoms with Crippen molar-refractivity contribution in [1.82, 2.24) is 15.1 Å². The van der Waals surface area contributed by atoms with Gasteiger partial charge in [0.1, 0.15) is 11.4 Å². The Morgan fingerprint density at radius 3 is 2.74 bits per heavy atom. The van der Waals surface area contributed by atoms with Crippen LogP contribution in [0.25, 0.3) is 10.6 Å². The molecular formula is C14H19N3OS. The van der Waals surface area contributed by atoms with Crippen molar-refractivity contribution >= 4 is 17.2 Å². The largest absolute Gasteiger partial charge is 0.348 e. The van der Waals surface area contributed by atoms with Crippen LogP contribution in [0.5, 0.6) is 0 Å². The average molecular weight is 277 g/mol. The number of rotatable bonds is 4. The van der Waals surface area contributed by atoms with Crippen molar-refractivity contribution in [2.24, 2.45) is 13.0 Å². The lowest BCUT2D eigenvalue weighted by atomic mass is 10.1. The summed E-state index contributed by atoms with van der Waals surface area (Å²) in [6.45, 7) is 6.19. The van der Waals surface area contributed by atoms with E-state index in [-0.39, 0.29) is 11.9 Å². The molecule has 0 radical (unpaired) electrons. The summed E-state index contributed by atoms with van der Waals surface area (Å²) in [5.74, 6) is 0.341. The minimum Gasteiger partial charge on any atom is -0.348 e. The molecule has 0 fully saturated rings. The van der Waals surface area contributed by atoms with Gasteiger partial charge in [-0.3, -0.25) is 9.48 Å². The molecule has 102 valence electrons. The third-order valence-corrected chi connectivity index (χ3v) is 4.14. The van der Waals surface area contributed by atoms with E-state index in [2.05, 4.69) is 24.3 Å². The third-order valence-electron chi connectivity index (χ3n) is 3.24. The van der Waals surface area contributed by atoms with Crippen LogP contribution in [0.2, 0.25) is 0 Å². The van der Waals surface area contributed by atoms with Crippen molar-refractivity contribution in [1.29, 1.82) is 0 Å². The number of aryl methyl sites for hydroxylation is 1. The van der Waals surface area contributed by atoms with E-state index in [9.17, 15) is 4.79 Å². The molecule has 2 heterocycles. The van der Waals surface area contributed by atoms with Gasteiger partial charge in [0.15, 0.2) is 0 Å². The molecule has 4 nitrogen and oxygen atoms in total. The van der Waals surface area contributed by atoms with Crippen molar-refractivity contribution in [3.8, 4) is 10.6 Å². The van der Waals surface area contributed by atoms with Crippen LogP contribution in [-0.2, 0) is 7.05 Å². The monoisotopic (exact) mass is 277 g/mol. The molecular weight excluding hydrogens is 258 g/mol. The van der Waals surface area contributed by atoms with E-state index in [0.717, 1.165) is 10.6 Å². The molecule has 19 heavy (non-hydrogen) atoms. The lowest BCUT2D eigenvalue weighted by molar-refractivity contribution is 0.0921. The van der Waals surface area contributed by atoms with Crippen molar-refractivity contribution < 1.29 is 4.79 Å². The average Bonchev–Trinajstić information content (AvgIpc) is 2.96. The number of hydrogen-bond acceptors (Lipinski definition) is 3. The Morgan fingerprint density at radius 1 is 1.42 bits per heavy atom. The van der Waals surface area contributed by atoms with Crippen LogP contribution in [0.4, 0.5) is 0 Å². The normalized spacial score (nSPS) is 12.7. The van der Waals surface area contributed by atoms with Crippen molar-refractivity contribution in [3.63, 3.8) is 0 Å².